The average molecular weight is 292 g/mol. The van der Waals surface area contributed by atoms with Gasteiger partial charge in [0.1, 0.15) is 6.61 Å². The van der Waals surface area contributed by atoms with E-state index in [1.165, 1.54) is 0 Å². The van der Waals surface area contributed by atoms with Crippen molar-refractivity contribution in [2.24, 2.45) is 0 Å². The zero-order chi connectivity index (χ0) is 15.7. The summed E-state index contributed by atoms with van der Waals surface area (Å²) in [5, 5.41) is 0. The SMILES string of the molecule is CCCc1ccc(C(=O)OCCC(=O)OC(=O)CC)cc1. The van der Waals surface area contributed by atoms with Crippen molar-refractivity contribution >= 4 is 17.9 Å². The Morgan fingerprint density at radius 1 is 1.00 bits per heavy atom. The van der Waals surface area contributed by atoms with Crippen LogP contribution in [-0.4, -0.2) is 24.5 Å². The van der Waals surface area contributed by atoms with E-state index in [4.69, 9.17) is 4.74 Å². The van der Waals surface area contributed by atoms with Gasteiger partial charge >= 0.3 is 17.9 Å². The highest BCUT2D eigenvalue weighted by molar-refractivity contribution is 5.90. The van der Waals surface area contributed by atoms with Crippen molar-refractivity contribution in [2.75, 3.05) is 6.61 Å². The van der Waals surface area contributed by atoms with Crippen LogP contribution in [-0.2, 0) is 25.5 Å². The third-order valence-electron chi connectivity index (χ3n) is 2.78. The predicted octanol–water partition coefficient (Wildman–Crippen LogP) is 2.67. The molecule has 0 saturated heterocycles. The van der Waals surface area contributed by atoms with Crippen LogP contribution in [0.2, 0.25) is 0 Å². The fourth-order valence-electron chi connectivity index (χ4n) is 1.66. The molecule has 0 radical (unpaired) electrons. The van der Waals surface area contributed by atoms with E-state index in [1.807, 2.05) is 12.1 Å². The van der Waals surface area contributed by atoms with Gasteiger partial charge < -0.3 is 9.47 Å². The molecule has 1 aromatic carbocycles. The smallest absolute Gasteiger partial charge is 0.338 e. The number of carbonyl (C=O) groups is 3. The summed E-state index contributed by atoms with van der Waals surface area (Å²) < 4.78 is 9.42. The minimum atomic E-state index is -0.687. The Labute approximate surface area is 124 Å². The van der Waals surface area contributed by atoms with Gasteiger partial charge in [-0.15, -0.1) is 0 Å². The van der Waals surface area contributed by atoms with Gasteiger partial charge in [-0.1, -0.05) is 32.4 Å². The van der Waals surface area contributed by atoms with Crippen molar-refractivity contribution in [1.82, 2.24) is 0 Å². The number of hydrogen-bond acceptors (Lipinski definition) is 5. The zero-order valence-electron chi connectivity index (χ0n) is 12.4. The summed E-state index contributed by atoms with van der Waals surface area (Å²) in [5.41, 5.74) is 1.60. The van der Waals surface area contributed by atoms with Gasteiger partial charge in [0, 0.05) is 6.42 Å². The number of aryl methyl sites for hydroxylation is 1. The van der Waals surface area contributed by atoms with Crippen LogP contribution in [0.3, 0.4) is 0 Å². The number of rotatable bonds is 7. The molecule has 5 nitrogen and oxygen atoms in total. The van der Waals surface area contributed by atoms with E-state index in [0.29, 0.717) is 5.56 Å². The largest absolute Gasteiger partial charge is 0.461 e. The fourth-order valence-corrected chi connectivity index (χ4v) is 1.66. The van der Waals surface area contributed by atoms with Gasteiger partial charge in [0.15, 0.2) is 0 Å². The Balaban J connectivity index is 2.36. The molecule has 0 saturated carbocycles. The summed E-state index contributed by atoms with van der Waals surface area (Å²) in [5.74, 6) is -1.77. The number of benzene rings is 1. The van der Waals surface area contributed by atoms with Gasteiger partial charge in [-0.3, -0.25) is 9.59 Å². The van der Waals surface area contributed by atoms with Crippen LogP contribution in [0.25, 0.3) is 0 Å². The Hall–Kier alpha value is -2.17. The van der Waals surface area contributed by atoms with Crippen LogP contribution in [0.5, 0.6) is 0 Å². The molecule has 0 aliphatic rings. The first-order chi connectivity index (χ1) is 10.1. The Bertz CT molecular complexity index is 490. The summed E-state index contributed by atoms with van der Waals surface area (Å²) in [6, 6.07) is 7.17. The van der Waals surface area contributed by atoms with E-state index >= 15 is 0 Å². The topological polar surface area (TPSA) is 69.7 Å². The lowest BCUT2D eigenvalue weighted by Crippen LogP contribution is -2.15. The van der Waals surface area contributed by atoms with Crippen molar-refractivity contribution in [3.63, 3.8) is 0 Å². The van der Waals surface area contributed by atoms with E-state index in [-0.39, 0.29) is 19.4 Å². The molecule has 114 valence electrons. The molecule has 1 rings (SSSR count). The minimum Gasteiger partial charge on any atom is -0.461 e. The predicted molar refractivity (Wildman–Crippen MR) is 76.7 cm³/mol. The van der Waals surface area contributed by atoms with Crippen LogP contribution in [0.15, 0.2) is 24.3 Å². The maximum absolute atomic E-state index is 11.7. The van der Waals surface area contributed by atoms with Gasteiger partial charge in [-0.25, -0.2) is 4.79 Å². The molecule has 0 bridgehead atoms. The summed E-state index contributed by atoms with van der Waals surface area (Å²) in [4.78, 5) is 33.8. The maximum Gasteiger partial charge on any atom is 0.338 e. The first-order valence-corrected chi connectivity index (χ1v) is 7.06. The molecular formula is C16H20O5. The number of carbonyl (C=O) groups excluding carboxylic acids is 3. The second kappa shape index (κ2) is 8.89. The monoisotopic (exact) mass is 292 g/mol. The van der Waals surface area contributed by atoms with Crippen molar-refractivity contribution in [3.8, 4) is 0 Å². The molecule has 0 amide bonds. The van der Waals surface area contributed by atoms with Gasteiger partial charge in [0.25, 0.3) is 0 Å². The van der Waals surface area contributed by atoms with Crippen LogP contribution in [0, 0.1) is 0 Å². The molecule has 0 aliphatic carbocycles. The first kappa shape index (κ1) is 16.9. The maximum atomic E-state index is 11.7. The molecule has 21 heavy (non-hydrogen) atoms. The molecular weight excluding hydrogens is 272 g/mol. The standard InChI is InChI=1S/C16H20O5/c1-3-5-12-6-8-13(9-7-12)16(19)20-11-10-15(18)21-14(17)4-2/h6-9H,3-5,10-11H2,1-2H3. The van der Waals surface area contributed by atoms with Gasteiger partial charge in [-0.2, -0.15) is 0 Å². The van der Waals surface area contributed by atoms with Crippen LogP contribution in [0.1, 0.15) is 49.0 Å². The lowest BCUT2D eigenvalue weighted by atomic mass is 10.1. The number of esters is 3. The molecule has 0 heterocycles. The molecule has 0 spiro atoms. The lowest BCUT2D eigenvalue weighted by Gasteiger charge is -2.05. The van der Waals surface area contributed by atoms with E-state index in [0.717, 1.165) is 18.4 Å². The summed E-state index contributed by atoms with van der Waals surface area (Å²) in [6.07, 6.45) is 2.01. The van der Waals surface area contributed by atoms with E-state index in [2.05, 4.69) is 11.7 Å². The highest BCUT2D eigenvalue weighted by Gasteiger charge is 2.11. The highest BCUT2D eigenvalue weighted by Crippen LogP contribution is 2.08. The molecule has 0 atom stereocenters. The number of ether oxygens (including phenoxy) is 2. The Kier molecular flexibility index (Phi) is 7.15. The average Bonchev–Trinajstić information content (AvgIpc) is 2.48. The van der Waals surface area contributed by atoms with E-state index in [1.54, 1.807) is 19.1 Å². The van der Waals surface area contributed by atoms with Gasteiger partial charge in [0.05, 0.1) is 12.0 Å². The van der Waals surface area contributed by atoms with Gasteiger partial charge in [0.2, 0.25) is 0 Å². The summed E-state index contributed by atoms with van der Waals surface area (Å²) in [7, 11) is 0. The first-order valence-electron chi connectivity index (χ1n) is 7.06. The molecule has 0 aliphatic heterocycles. The van der Waals surface area contributed by atoms with Crippen molar-refractivity contribution in [2.45, 2.75) is 39.5 Å². The second-order valence-electron chi connectivity index (χ2n) is 4.53. The highest BCUT2D eigenvalue weighted by atomic mass is 16.6. The van der Waals surface area contributed by atoms with Crippen molar-refractivity contribution in [1.29, 1.82) is 0 Å². The van der Waals surface area contributed by atoms with Crippen LogP contribution < -0.4 is 0 Å². The van der Waals surface area contributed by atoms with Crippen molar-refractivity contribution < 1.29 is 23.9 Å². The second-order valence-corrected chi connectivity index (χ2v) is 4.53. The van der Waals surface area contributed by atoms with Crippen molar-refractivity contribution in [3.05, 3.63) is 35.4 Å². The lowest BCUT2D eigenvalue weighted by molar-refractivity contribution is -0.159. The third-order valence-corrected chi connectivity index (χ3v) is 2.78. The van der Waals surface area contributed by atoms with E-state index in [9.17, 15) is 14.4 Å². The van der Waals surface area contributed by atoms with Crippen LogP contribution >= 0.6 is 0 Å². The Morgan fingerprint density at radius 2 is 1.67 bits per heavy atom. The molecule has 5 heteroatoms. The molecule has 0 N–H and O–H groups in total. The van der Waals surface area contributed by atoms with Crippen LogP contribution in [0.4, 0.5) is 0 Å². The summed E-state index contributed by atoms with van der Waals surface area (Å²) >= 11 is 0. The summed E-state index contributed by atoms with van der Waals surface area (Å²) in [6.45, 7) is 3.58. The normalized spacial score (nSPS) is 10.0. The van der Waals surface area contributed by atoms with E-state index < -0.39 is 17.9 Å². The van der Waals surface area contributed by atoms with Gasteiger partial charge in [-0.05, 0) is 24.1 Å². The zero-order valence-corrected chi connectivity index (χ0v) is 12.4. The minimum absolute atomic E-state index is 0.106. The Morgan fingerprint density at radius 3 is 2.24 bits per heavy atom. The molecule has 0 fully saturated rings. The number of hydrogen-bond donors (Lipinski definition) is 0. The quantitative estimate of drug-likeness (QED) is 0.571. The molecule has 0 aromatic heterocycles. The molecule has 1 aromatic rings. The molecule has 0 unspecified atom stereocenters. The third kappa shape index (κ3) is 6.21. The fraction of sp³-hybridized carbons (Fsp3) is 0.438.